The molecule has 0 aromatic carbocycles. The number of aromatic nitrogens is 1. The van der Waals surface area contributed by atoms with Crippen LogP contribution >= 0.6 is 35.5 Å². The fraction of sp³-hybridized carbons (Fsp3) is 0.600. The van der Waals surface area contributed by atoms with Crippen LogP contribution in [0.1, 0.15) is 22.4 Å². The largest absolute Gasteiger partial charge is 0.350 e. The van der Waals surface area contributed by atoms with E-state index in [2.05, 4.69) is 17.2 Å². The number of amides is 1. The van der Waals surface area contributed by atoms with Crippen LogP contribution in [0.5, 0.6) is 0 Å². The highest BCUT2D eigenvalue weighted by Gasteiger charge is 2.10. The number of carbonyl (C=O) groups is 1. The molecule has 1 amide bonds. The number of hydrogen-bond acceptors (Lipinski definition) is 5. The molecule has 0 bridgehead atoms. The van der Waals surface area contributed by atoms with Gasteiger partial charge in [0.05, 0.1) is 5.01 Å². The van der Waals surface area contributed by atoms with Gasteiger partial charge < -0.3 is 11.1 Å². The summed E-state index contributed by atoms with van der Waals surface area (Å²) < 4.78 is 0. The van der Waals surface area contributed by atoms with Crippen molar-refractivity contribution in [2.75, 3.05) is 19.3 Å². The van der Waals surface area contributed by atoms with Crippen LogP contribution in [0.3, 0.4) is 0 Å². The molecule has 0 aliphatic rings. The lowest BCUT2D eigenvalue weighted by atomic mass is 10.4. The number of thioether (sulfide) groups is 1. The van der Waals surface area contributed by atoms with Gasteiger partial charge in [-0.2, -0.15) is 11.8 Å². The molecule has 17 heavy (non-hydrogen) atoms. The van der Waals surface area contributed by atoms with Gasteiger partial charge in [-0.25, -0.2) is 4.98 Å². The summed E-state index contributed by atoms with van der Waals surface area (Å²) in [6, 6.07) is 0. The number of carbonyl (C=O) groups excluding carboxylic acids is 1. The summed E-state index contributed by atoms with van der Waals surface area (Å²) >= 11 is 3.21. The third-order valence-corrected chi connectivity index (χ3v) is 3.98. The van der Waals surface area contributed by atoms with Crippen molar-refractivity contribution in [3.05, 3.63) is 16.1 Å². The second-order valence-electron chi connectivity index (χ2n) is 3.42. The summed E-state index contributed by atoms with van der Waals surface area (Å²) in [6.07, 6.45) is 2.76. The normalized spacial score (nSPS) is 11.7. The van der Waals surface area contributed by atoms with E-state index < -0.39 is 0 Å². The van der Waals surface area contributed by atoms with Gasteiger partial charge in [-0.1, -0.05) is 6.92 Å². The number of halogens is 1. The maximum Gasteiger partial charge on any atom is 0.270 e. The fourth-order valence-electron chi connectivity index (χ4n) is 1.06. The molecule has 4 nitrogen and oxygen atoms in total. The van der Waals surface area contributed by atoms with Crippen molar-refractivity contribution in [3.8, 4) is 0 Å². The quantitative estimate of drug-likeness (QED) is 0.835. The van der Waals surface area contributed by atoms with E-state index in [1.807, 2.05) is 6.26 Å². The Morgan fingerprint density at radius 1 is 1.71 bits per heavy atom. The van der Waals surface area contributed by atoms with Crippen molar-refractivity contribution in [1.82, 2.24) is 10.3 Å². The van der Waals surface area contributed by atoms with Crippen molar-refractivity contribution in [3.63, 3.8) is 0 Å². The Morgan fingerprint density at radius 3 is 3.00 bits per heavy atom. The SMILES string of the molecule is CSC(C)CNC(=O)c1csc(CCN)n1.Cl. The number of nitrogens with two attached hydrogens (primary N) is 1. The molecule has 0 saturated heterocycles. The van der Waals surface area contributed by atoms with Crippen LogP contribution < -0.4 is 11.1 Å². The molecule has 0 fully saturated rings. The second-order valence-corrected chi connectivity index (χ2v) is 5.64. The minimum Gasteiger partial charge on any atom is -0.350 e. The Hall–Kier alpha value is -0.300. The molecule has 98 valence electrons. The summed E-state index contributed by atoms with van der Waals surface area (Å²) in [5.41, 5.74) is 5.93. The first-order chi connectivity index (χ1) is 7.67. The van der Waals surface area contributed by atoms with Crippen molar-refractivity contribution in [1.29, 1.82) is 0 Å². The summed E-state index contributed by atoms with van der Waals surface area (Å²) in [7, 11) is 0. The van der Waals surface area contributed by atoms with Crippen molar-refractivity contribution in [2.45, 2.75) is 18.6 Å². The highest BCUT2D eigenvalue weighted by atomic mass is 35.5. The number of nitrogens with one attached hydrogen (secondary N) is 1. The third kappa shape index (κ3) is 5.72. The average Bonchev–Trinajstić information content (AvgIpc) is 2.74. The molecule has 7 heteroatoms. The van der Waals surface area contributed by atoms with Crippen molar-refractivity contribution in [2.24, 2.45) is 5.73 Å². The molecule has 1 unspecified atom stereocenters. The number of hydrogen-bond donors (Lipinski definition) is 2. The molecule has 0 spiro atoms. The lowest BCUT2D eigenvalue weighted by Crippen LogP contribution is -2.29. The van der Waals surface area contributed by atoms with Gasteiger partial charge in [0.25, 0.3) is 5.91 Å². The first kappa shape index (κ1) is 16.7. The molecule has 0 aliphatic carbocycles. The molecule has 1 atom stereocenters. The minimum atomic E-state index is -0.0968. The zero-order valence-corrected chi connectivity index (χ0v) is 12.4. The number of nitrogens with zero attached hydrogens (tertiary/aromatic N) is 1. The smallest absolute Gasteiger partial charge is 0.270 e. The minimum absolute atomic E-state index is 0. The van der Waals surface area contributed by atoms with Crippen molar-refractivity contribution < 1.29 is 4.79 Å². The first-order valence-corrected chi connectivity index (χ1v) is 7.29. The van der Waals surface area contributed by atoms with Gasteiger partial charge in [0, 0.05) is 23.6 Å². The molecule has 3 N–H and O–H groups in total. The van der Waals surface area contributed by atoms with Gasteiger partial charge in [-0.05, 0) is 12.8 Å². The summed E-state index contributed by atoms with van der Waals surface area (Å²) in [5, 5.41) is 5.98. The molecule has 0 aliphatic heterocycles. The Bertz CT molecular complexity index is 346. The van der Waals surface area contributed by atoms with Gasteiger partial charge in [-0.3, -0.25) is 4.79 Å². The molecule has 0 radical (unpaired) electrons. The van der Waals surface area contributed by atoms with Gasteiger partial charge in [0.2, 0.25) is 0 Å². The van der Waals surface area contributed by atoms with E-state index >= 15 is 0 Å². The fourth-order valence-corrected chi connectivity index (χ4v) is 2.11. The van der Waals surface area contributed by atoms with Crippen LogP contribution in [0.25, 0.3) is 0 Å². The zero-order chi connectivity index (χ0) is 12.0. The van der Waals surface area contributed by atoms with Crippen LogP contribution in [0.15, 0.2) is 5.38 Å². The molecule has 1 aromatic rings. The summed E-state index contributed by atoms with van der Waals surface area (Å²) in [6.45, 7) is 3.31. The second kappa shape index (κ2) is 8.74. The standard InChI is InChI=1S/C10H17N3OS2.ClH/c1-7(15-2)5-12-10(14)8-6-16-9(13-8)3-4-11;/h6-7H,3-5,11H2,1-2H3,(H,12,14);1H. The maximum absolute atomic E-state index is 11.7. The predicted octanol–water partition coefficient (Wildman–Crippen LogP) is 1.55. The molecule has 1 heterocycles. The van der Waals surface area contributed by atoms with Crippen LogP contribution in [-0.4, -0.2) is 35.5 Å². The Kier molecular flexibility index (Phi) is 8.59. The molecular weight excluding hydrogens is 278 g/mol. The Morgan fingerprint density at radius 2 is 2.41 bits per heavy atom. The van der Waals surface area contributed by atoms with Crippen LogP contribution in [-0.2, 0) is 6.42 Å². The van der Waals surface area contributed by atoms with E-state index in [4.69, 9.17) is 5.73 Å². The van der Waals surface area contributed by atoms with Gasteiger partial charge in [0.1, 0.15) is 5.69 Å². The molecule has 1 rings (SSSR count). The van der Waals surface area contributed by atoms with Gasteiger partial charge in [-0.15, -0.1) is 23.7 Å². The molecule has 0 saturated carbocycles. The van der Waals surface area contributed by atoms with E-state index in [-0.39, 0.29) is 18.3 Å². The monoisotopic (exact) mass is 295 g/mol. The highest BCUT2D eigenvalue weighted by molar-refractivity contribution is 7.99. The van der Waals surface area contributed by atoms with E-state index in [0.717, 1.165) is 11.4 Å². The Balaban J connectivity index is 0.00000256. The van der Waals surface area contributed by atoms with Gasteiger partial charge >= 0.3 is 0 Å². The highest BCUT2D eigenvalue weighted by Crippen LogP contribution is 2.10. The predicted molar refractivity (Wildman–Crippen MR) is 77.4 cm³/mol. The number of thiazole rings is 1. The zero-order valence-electron chi connectivity index (χ0n) is 9.93. The lowest BCUT2D eigenvalue weighted by Gasteiger charge is -2.08. The molecular formula is C10H18ClN3OS2. The summed E-state index contributed by atoms with van der Waals surface area (Å²) in [5.74, 6) is -0.0968. The third-order valence-electron chi connectivity index (χ3n) is 2.10. The first-order valence-electron chi connectivity index (χ1n) is 5.12. The van der Waals surface area contributed by atoms with Crippen LogP contribution in [0.2, 0.25) is 0 Å². The maximum atomic E-state index is 11.7. The topological polar surface area (TPSA) is 68.0 Å². The Labute approximate surface area is 116 Å². The van der Waals surface area contributed by atoms with Crippen LogP contribution in [0, 0.1) is 0 Å². The van der Waals surface area contributed by atoms with Gasteiger partial charge in [0.15, 0.2) is 0 Å². The molecule has 1 aromatic heterocycles. The van der Waals surface area contributed by atoms with E-state index in [1.165, 1.54) is 11.3 Å². The van der Waals surface area contributed by atoms with Crippen LogP contribution in [0.4, 0.5) is 0 Å². The van der Waals surface area contributed by atoms with Crippen molar-refractivity contribution >= 4 is 41.4 Å². The van der Waals surface area contributed by atoms with E-state index in [9.17, 15) is 4.79 Å². The van der Waals surface area contributed by atoms with E-state index in [0.29, 0.717) is 24.0 Å². The average molecular weight is 296 g/mol. The van der Waals surface area contributed by atoms with E-state index in [1.54, 1.807) is 17.1 Å². The number of rotatable bonds is 6. The summed E-state index contributed by atoms with van der Waals surface area (Å²) in [4.78, 5) is 15.9. The lowest BCUT2D eigenvalue weighted by molar-refractivity contribution is 0.0949.